The Morgan fingerprint density at radius 2 is 1.84 bits per heavy atom. The summed E-state index contributed by atoms with van der Waals surface area (Å²) < 4.78 is 51.6. The van der Waals surface area contributed by atoms with E-state index < -0.39 is 20.7 Å². The molecule has 2 aromatic carbocycles. The van der Waals surface area contributed by atoms with E-state index in [9.17, 15) is 17.6 Å². The van der Waals surface area contributed by atoms with Gasteiger partial charge in [-0.25, -0.2) is 12.8 Å². The topological polar surface area (TPSA) is 84.9 Å². The van der Waals surface area contributed by atoms with Crippen molar-refractivity contribution in [2.24, 2.45) is 0 Å². The number of carbonyl (C=O) groups excluding carboxylic acids is 1. The average molecular weight is 451 g/mol. The molecule has 1 N–H and O–H groups in total. The van der Waals surface area contributed by atoms with Crippen LogP contribution in [-0.2, 0) is 30.7 Å². The van der Waals surface area contributed by atoms with E-state index in [1.807, 2.05) is 30.3 Å². The second kappa shape index (κ2) is 11.3. The maximum Gasteiger partial charge on any atom is 0.246 e. The van der Waals surface area contributed by atoms with E-state index in [0.29, 0.717) is 19.6 Å². The first-order valence-corrected chi connectivity index (χ1v) is 11.7. The molecule has 0 radical (unpaired) electrons. The Bertz CT molecular complexity index is 963. The van der Waals surface area contributed by atoms with E-state index in [4.69, 9.17) is 9.47 Å². The Hall–Kier alpha value is -2.33. The molecule has 0 bridgehead atoms. The van der Waals surface area contributed by atoms with Gasteiger partial charge < -0.3 is 14.8 Å². The molecule has 1 aliphatic heterocycles. The molecular formula is C22H27FN2O5S. The Labute approximate surface area is 182 Å². The van der Waals surface area contributed by atoms with Crippen molar-refractivity contribution < 1.29 is 27.1 Å². The lowest BCUT2D eigenvalue weighted by Crippen LogP contribution is -2.40. The van der Waals surface area contributed by atoms with Crippen LogP contribution in [-0.4, -0.2) is 58.1 Å². The fourth-order valence-electron chi connectivity index (χ4n) is 3.20. The van der Waals surface area contributed by atoms with Crippen molar-refractivity contribution in [2.75, 3.05) is 44.8 Å². The summed E-state index contributed by atoms with van der Waals surface area (Å²) in [5, 5.41) is 2.63. The maximum atomic E-state index is 14.2. The minimum Gasteiger partial charge on any atom is -0.381 e. The van der Waals surface area contributed by atoms with Crippen LogP contribution >= 0.6 is 0 Å². The van der Waals surface area contributed by atoms with Crippen molar-refractivity contribution in [3.63, 3.8) is 0 Å². The summed E-state index contributed by atoms with van der Waals surface area (Å²) in [5.41, 5.74) is 1.43. The van der Waals surface area contributed by atoms with Gasteiger partial charge in [0.2, 0.25) is 15.9 Å². The van der Waals surface area contributed by atoms with Crippen LogP contribution in [0.15, 0.2) is 53.4 Å². The number of hydrogen-bond acceptors (Lipinski definition) is 5. The number of halogens is 1. The molecule has 31 heavy (non-hydrogen) atoms. The zero-order chi connectivity index (χ0) is 22.1. The fraction of sp³-hybridized carbons (Fsp3) is 0.409. The van der Waals surface area contributed by atoms with E-state index in [1.165, 1.54) is 15.9 Å². The highest BCUT2D eigenvalue weighted by molar-refractivity contribution is 7.89. The van der Waals surface area contributed by atoms with Crippen LogP contribution in [0.4, 0.5) is 10.1 Å². The van der Waals surface area contributed by atoms with Gasteiger partial charge >= 0.3 is 0 Å². The summed E-state index contributed by atoms with van der Waals surface area (Å²) in [5.74, 6) is -1.13. The average Bonchev–Trinajstić information content (AvgIpc) is 2.78. The van der Waals surface area contributed by atoms with Crippen molar-refractivity contribution in [1.29, 1.82) is 0 Å². The molecule has 0 atom stereocenters. The van der Waals surface area contributed by atoms with Gasteiger partial charge in [-0.1, -0.05) is 30.3 Å². The third-order valence-electron chi connectivity index (χ3n) is 4.87. The van der Waals surface area contributed by atoms with E-state index in [2.05, 4.69) is 5.32 Å². The second-order valence-electron chi connectivity index (χ2n) is 7.16. The quantitative estimate of drug-likeness (QED) is 0.563. The molecule has 0 aromatic heterocycles. The Morgan fingerprint density at radius 1 is 1.10 bits per heavy atom. The van der Waals surface area contributed by atoms with Crippen molar-refractivity contribution in [3.05, 3.63) is 59.9 Å². The molecule has 3 rings (SSSR count). The van der Waals surface area contributed by atoms with Crippen LogP contribution < -0.4 is 5.32 Å². The van der Waals surface area contributed by atoms with Gasteiger partial charge in [0.15, 0.2) is 0 Å². The van der Waals surface area contributed by atoms with Crippen LogP contribution in [0.2, 0.25) is 0 Å². The summed E-state index contributed by atoms with van der Waals surface area (Å²) in [4.78, 5) is 11.7. The third-order valence-corrected chi connectivity index (χ3v) is 6.79. The van der Waals surface area contributed by atoms with E-state index in [-0.39, 0.29) is 44.3 Å². The van der Waals surface area contributed by atoms with E-state index in [0.717, 1.165) is 18.6 Å². The van der Waals surface area contributed by atoms with Gasteiger partial charge in [-0.15, -0.1) is 0 Å². The molecule has 1 heterocycles. The number of anilines is 1. The van der Waals surface area contributed by atoms with Gasteiger partial charge in [-0.3, -0.25) is 4.79 Å². The number of benzene rings is 2. The molecule has 0 saturated carbocycles. The smallest absolute Gasteiger partial charge is 0.246 e. The van der Waals surface area contributed by atoms with Crippen LogP contribution in [0.3, 0.4) is 0 Å². The molecular weight excluding hydrogens is 423 g/mol. The van der Waals surface area contributed by atoms with Gasteiger partial charge in [0.25, 0.3) is 0 Å². The predicted octanol–water partition coefficient (Wildman–Crippen LogP) is 2.82. The summed E-state index contributed by atoms with van der Waals surface area (Å²) in [6.45, 7) is 1.90. The van der Waals surface area contributed by atoms with Crippen molar-refractivity contribution in [3.8, 4) is 0 Å². The Morgan fingerprint density at radius 3 is 2.58 bits per heavy atom. The normalized spacial score (nSPS) is 15.0. The lowest BCUT2D eigenvalue weighted by molar-refractivity contribution is -0.116. The number of rotatable bonds is 10. The standard InChI is InChI=1S/C22H27FN2O5S/c23-20-9-8-19(17-21(20)31(27,28)25-11-15-30-16-12-25)24-22(26)7-4-13-29-14-10-18-5-2-1-3-6-18/h1-3,5-6,8-9,17H,4,7,10-16H2,(H,24,26). The van der Waals surface area contributed by atoms with Gasteiger partial charge in [-0.2, -0.15) is 4.31 Å². The lowest BCUT2D eigenvalue weighted by Gasteiger charge is -2.26. The predicted molar refractivity (Wildman–Crippen MR) is 115 cm³/mol. The van der Waals surface area contributed by atoms with E-state index in [1.54, 1.807) is 0 Å². The molecule has 1 aliphatic rings. The molecule has 2 aromatic rings. The first-order chi connectivity index (χ1) is 15.0. The van der Waals surface area contributed by atoms with Gasteiger partial charge in [-0.05, 0) is 36.6 Å². The molecule has 168 valence electrons. The monoisotopic (exact) mass is 450 g/mol. The van der Waals surface area contributed by atoms with Gasteiger partial charge in [0.1, 0.15) is 10.7 Å². The number of sulfonamides is 1. The molecule has 1 fully saturated rings. The highest BCUT2D eigenvalue weighted by atomic mass is 32.2. The first kappa shape index (κ1) is 23.3. The first-order valence-electron chi connectivity index (χ1n) is 10.3. The molecule has 0 spiro atoms. The molecule has 9 heteroatoms. The molecule has 0 aliphatic carbocycles. The third kappa shape index (κ3) is 6.83. The molecule has 0 unspecified atom stereocenters. The zero-order valence-corrected chi connectivity index (χ0v) is 18.1. The minimum absolute atomic E-state index is 0.169. The number of morpholine rings is 1. The second-order valence-corrected chi connectivity index (χ2v) is 9.07. The SMILES string of the molecule is O=C(CCCOCCc1ccccc1)Nc1ccc(F)c(S(=O)(=O)N2CCOCC2)c1. The summed E-state index contributed by atoms with van der Waals surface area (Å²) in [7, 11) is -3.99. The highest BCUT2D eigenvalue weighted by Crippen LogP contribution is 2.24. The summed E-state index contributed by atoms with van der Waals surface area (Å²) >= 11 is 0. The molecule has 1 saturated heterocycles. The fourth-order valence-corrected chi connectivity index (χ4v) is 4.70. The number of carbonyl (C=O) groups is 1. The minimum atomic E-state index is -3.99. The van der Waals surface area contributed by atoms with E-state index >= 15 is 0 Å². The largest absolute Gasteiger partial charge is 0.381 e. The maximum absolute atomic E-state index is 14.2. The number of ether oxygens (including phenoxy) is 2. The van der Waals surface area contributed by atoms with Gasteiger partial charge in [0.05, 0.1) is 19.8 Å². The number of nitrogens with zero attached hydrogens (tertiary/aromatic N) is 1. The van der Waals surface area contributed by atoms with Crippen LogP contribution in [0, 0.1) is 5.82 Å². The summed E-state index contributed by atoms with van der Waals surface area (Å²) in [6.07, 6.45) is 1.55. The van der Waals surface area contributed by atoms with Crippen LogP contribution in [0.5, 0.6) is 0 Å². The highest BCUT2D eigenvalue weighted by Gasteiger charge is 2.29. The Balaban J connectivity index is 1.46. The summed E-state index contributed by atoms with van der Waals surface area (Å²) in [6, 6.07) is 13.6. The lowest BCUT2D eigenvalue weighted by atomic mass is 10.2. The van der Waals surface area contributed by atoms with Crippen molar-refractivity contribution in [1.82, 2.24) is 4.31 Å². The molecule has 7 nitrogen and oxygen atoms in total. The Kier molecular flexibility index (Phi) is 8.53. The number of amides is 1. The van der Waals surface area contributed by atoms with Crippen LogP contribution in [0.1, 0.15) is 18.4 Å². The number of nitrogens with one attached hydrogen (secondary N) is 1. The van der Waals surface area contributed by atoms with Crippen LogP contribution in [0.25, 0.3) is 0 Å². The van der Waals surface area contributed by atoms with Gasteiger partial charge in [0, 0.05) is 31.8 Å². The zero-order valence-electron chi connectivity index (χ0n) is 17.3. The number of hydrogen-bond donors (Lipinski definition) is 1. The van der Waals surface area contributed by atoms with Crippen molar-refractivity contribution in [2.45, 2.75) is 24.2 Å². The van der Waals surface area contributed by atoms with Crippen molar-refractivity contribution >= 4 is 21.6 Å². The molecule has 1 amide bonds.